The van der Waals surface area contributed by atoms with Crippen molar-refractivity contribution in [3.63, 3.8) is 0 Å². The predicted molar refractivity (Wildman–Crippen MR) is 120 cm³/mol. The molecule has 1 aromatic carbocycles. The highest BCUT2D eigenvalue weighted by Crippen LogP contribution is 2.16. The fourth-order valence-electron chi connectivity index (χ4n) is 3.99. The molecule has 3 rings (SSSR count). The molecule has 0 spiro atoms. The average molecular weight is 474 g/mol. The standard InChI is InChI=1S/C21H31N3O5S.ClH/c1-16(25)23-10-11-24(19(13-23)15-29-14-18-4-3-9-22-18)21(26)12-17-5-7-20(8-6-17)30(2,27)28;/h5-8,18-19,22H,3-4,9-15H2,1-2H3;1H. The van der Waals surface area contributed by atoms with Gasteiger partial charge in [0, 0.05) is 38.9 Å². The van der Waals surface area contributed by atoms with E-state index in [1.54, 1.807) is 28.9 Å². The predicted octanol–water partition coefficient (Wildman–Crippen LogP) is 0.882. The normalized spacial score (nSPS) is 21.6. The minimum atomic E-state index is -3.26. The quantitative estimate of drug-likeness (QED) is 0.631. The van der Waals surface area contributed by atoms with E-state index in [1.807, 2.05) is 0 Å². The zero-order valence-electron chi connectivity index (χ0n) is 18.1. The molecule has 8 nitrogen and oxygen atoms in total. The number of carbonyl (C=O) groups is 2. The Morgan fingerprint density at radius 2 is 1.87 bits per heavy atom. The van der Waals surface area contributed by atoms with Gasteiger partial charge < -0.3 is 19.9 Å². The van der Waals surface area contributed by atoms with E-state index in [2.05, 4.69) is 5.32 Å². The maximum atomic E-state index is 13.0. The number of nitrogens with zero attached hydrogens (tertiary/aromatic N) is 2. The van der Waals surface area contributed by atoms with Gasteiger partial charge in [0.25, 0.3) is 0 Å². The largest absolute Gasteiger partial charge is 0.378 e. The average Bonchev–Trinajstić information content (AvgIpc) is 3.21. The molecule has 2 amide bonds. The second-order valence-corrected chi connectivity index (χ2v) is 10.1. The number of carbonyl (C=O) groups excluding carboxylic acids is 2. The van der Waals surface area contributed by atoms with Crippen LogP contribution < -0.4 is 5.32 Å². The van der Waals surface area contributed by atoms with Crippen molar-refractivity contribution in [2.75, 3.05) is 45.6 Å². The lowest BCUT2D eigenvalue weighted by molar-refractivity contribution is -0.143. The lowest BCUT2D eigenvalue weighted by Crippen LogP contribution is -2.58. The lowest BCUT2D eigenvalue weighted by Gasteiger charge is -2.41. The molecule has 0 saturated carbocycles. The van der Waals surface area contributed by atoms with Gasteiger partial charge in [0.05, 0.1) is 30.6 Å². The second-order valence-electron chi connectivity index (χ2n) is 8.13. The molecule has 0 aliphatic carbocycles. The summed E-state index contributed by atoms with van der Waals surface area (Å²) in [5.74, 6) is -0.0428. The minimum absolute atomic E-state index is 0. The molecule has 0 bridgehead atoms. The third-order valence-corrected chi connectivity index (χ3v) is 6.88. The monoisotopic (exact) mass is 473 g/mol. The van der Waals surface area contributed by atoms with Gasteiger partial charge in [-0.2, -0.15) is 0 Å². The van der Waals surface area contributed by atoms with Crippen molar-refractivity contribution in [3.05, 3.63) is 29.8 Å². The molecular weight excluding hydrogens is 442 g/mol. The number of halogens is 1. The van der Waals surface area contributed by atoms with Gasteiger partial charge in [0.15, 0.2) is 9.84 Å². The first-order valence-electron chi connectivity index (χ1n) is 10.4. The van der Waals surface area contributed by atoms with Crippen LogP contribution in [-0.4, -0.2) is 87.8 Å². The van der Waals surface area contributed by atoms with Crippen LogP contribution in [0.2, 0.25) is 0 Å². The number of ether oxygens (including phenoxy) is 1. The van der Waals surface area contributed by atoms with Gasteiger partial charge in [0.2, 0.25) is 11.8 Å². The summed E-state index contributed by atoms with van der Waals surface area (Å²) in [4.78, 5) is 28.6. The minimum Gasteiger partial charge on any atom is -0.378 e. The van der Waals surface area contributed by atoms with Crippen LogP contribution in [0.15, 0.2) is 29.2 Å². The van der Waals surface area contributed by atoms with Crippen LogP contribution in [0.25, 0.3) is 0 Å². The Morgan fingerprint density at radius 3 is 2.45 bits per heavy atom. The van der Waals surface area contributed by atoms with Crippen molar-refractivity contribution in [2.45, 2.75) is 43.2 Å². The van der Waals surface area contributed by atoms with Gasteiger partial charge in [-0.1, -0.05) is 12.1 Å². The SMILES string of the molecule is CC(=O)N1CCN(C(=O)Cc2ccc(S(C)(=O)=O)cc2)C(COCC2CCCN2)C1.Cl. The van der Waals surface area contributed by atoms with E-state index in [0.717, 1.165) is 31.2 Å². The van der Waals surface area contributed by atoms with Gasteiger partial charge >= 0.3 is 0 Å². The van der Waals surface area contributed by atoms with Crippen molar-refractivity contribution in [1.29, 1.82) is 0 Å². The van der Waals surface area contributed by atoms with E-state index in [-0.39, 0.29) is 41.6 Å². The smallest absolute Gasteiger partial charge is 0.227 e. The summed E-state index contributed by atoms with van der Waals surface area (Å²) in [6, 6.07) is 6.58. The number of benzene rings is 1. The van der Waals surface area contributed by atoms with Gasteiger partial charge in [-0.3, -0.25) is 9.59 Å². The van der Waals surface area contributed by atoms with Crippen LogP contribution in [0, 0.1) is 0 Å². The van der Waals surface area contributed by atoms with Gasteiger partial charge in [-0.25, -0.2) is 8.42 Å². The van der Waals surface area contributed by atoms with Crippen molar-refractivity contribution in [3.8, 4) is 0 Å². The Bertz CT molecular complexity index is 856. The first kappa shape index (κ1) is 25.6. The molecule has 2 unspecified atom stereocenters. The highest BCUT2D eigenvalue weighted by atomic mass is 35.5. The van der Waals surface area contributed by atoms with E-state index in [4.69, 9.17) is 4.74 Å². The van der Waals surface area contributed by atoms with Crippen molar-refractivity contribution in [2.24, 2.45) is 0 Å². The molecule has 2 atom stereocenters. The third kappa shape index (κ3) is 7.17. The Balaban J connectivity index is 0.00000341. The van der Waals surface area contributed by atoms with Crippen LogP contribution in [0.5, 0.6) is 0 Å². The summed E-state index contributed by atoms with van der Waals surface area (Å²) in [5.41, 5.74) is 0.760. The number of hydrogen-bond donors (Lipinski definition) is 1. The lowest BCUT2D eigenvalue weighted by atomic mass is 10.1. The van der Waals surface area contributed by atoms with Crippen LogP contribution in [0.3, 0.4) is 0 Å². The first-order valence-corrected chi connectivity index (χ1v) is 12.3. The van der Waals surface area contributed by atoms with Gasteiger partial charge in [0.1, 0.15) is 0 Å². The fourth-order valence-corrected chi connectivity index (χ4v) is 4.62. The summed E-state index contributed by atoms with van der Waals surface area (Å²) in [6.07, 6.45) is 3.59. The van der Waals surface area contributed by atoms with Crippen LogP contribution in [0.4, 0.5) is 0 Å². The number of rotatable bonds is 7. The molecule has 2 aliphatic heterocycles. The van der Waals surface area contributed by atoms with Gasteiger partial charge in [-0.15, -0.1) is 12.4 Å². The number of nitrogens with one attached hydrogen (secondary N) is 1. The van der Waals surface area contributed by atoms with Crippen molar-refractivity contribution in [1.82, 2.24) is 15.1 Å². The topological polar surface area (TPSA) is 96.0 Å². The Hall–Kier alpha value is -1.68. The number of amides is 2. The molecule has 2 aliphatic rings. The fraction of sp³-hybridized carbons (Fsp3) is 0.619. The van der Waals surface area contributed by atoms with Crippen molar-refractivity contribution >= 4 is 34.1 Å². The molecule has 2 heterocycles. The second kappa shape index (κ2) is 11.3. The highest BCUT2D eigenvalue weighted by Gasteiger charge is 2.32. The van der Waals surface area contributed by atoms with E-state index < -0.39 is 9.84 Å². The Labute approximate surface area is 190 Å². The maximum absolute atomic E-state index is 13.0. The summed E-state index contributed by atoms with van der Waals surface area (Å²) < 4.78 is 29.1. The van der Waals surface area contributed by atoms with E-state index >= 15 is 0 Å². The molecule has 1 aromatic rings. The summed E-state index contributed by atoms with van der Waals surface area (Å²) in [5, 5.41) is 3.39. The molecule has 1 N–H and O–H groups in total. The molecule has 0 aromatic heterocycles. The maximum Gasteiger partial charge on any atom is 0.227 e. The highest BCUT2D eigenvalue weighted by molar-refractivity contribution is 7.90. The van der Waals surface area contributed by atoms with Gasteiger partial charge in [-0.05, 0) is 37.1 Å². The molecule has 10 heteroatoms. The van der Waals surface area contributed by atoms with Crippen molar-refractivity contribution < 1.29 is 22.7 Å². The number of sulfone groups is 1. The number of hydrogen-bond acceptors (Lipinski definition) is 6. The molecule has 0 radical (unpaired) electrons. The van der Waals surface area contributed by atoms with Crippen LogP contribution in [0.1, 0.15) is 25.3 Å². The molecule has 174 valence electrons. The molecular formula is C21H32ClN3O5S. The zero-order chi connectivity index (χ0) is 21.7. The van der Waals surface area contributed by atoms with E-state index in [1.165, 1.54) is 12.1 Å². The van der Waals surface area contributed by atoms with E-state index in [9.17, 15) is 18.0 Å². The van der Waals surface area contributed by atoms with E-state index in [0.29, 0.717) is 38.9 Å². The summed E-state index contributed by atoms with van der Waals surface area (Å²) >= 11 is 0. The molecule has 2 saturated heterocycles. The Kier molecular flexibility index (Phi) is 9.29. The summed E-state index contributed by atoms with van der Waals surface area (Å²) in [7, 11) is -3.26. The zero-order valence-corrected chi connectivity index (χ0v) is 19.7. The Morgan fingerprint density at radius 1 is 1.16 bits per heavy atom. The molecule has 2 fully saturated rings. The molecule has 31 heavy (non-hydrogen) atoms. The van der Waals surface area contributed by atoms with Crippen LogP contribution >= 0.6 is 12.4 Å². The first-order chi connectivity index (χ1) is 14.2. The summed E-state index contributed by atoms with van der Waals surface area (Å²) in [6.45, 7) is 4.99. The number of piperazine rings is 1. The van der Waals surface area contributed by atoms with Crippen LogP contribution in [-0.2, 0) is 30.6 Å². The third-order valence-electron chi connectivity index (χ3n) is 5.75.